The molecule has 0 saturated carbocycles. The van der Waals surface area contributed by atoms with Crippen molar-refractivity contribution in [1.82, 2.24) is 15.3 Å². The second kappa shape index (κ2) is 5.10. The third kappa shape index (κ3) is 2.14. The molecule has 1 saturated heterocycles. The number of aromatic nitrogens is 2. The van der Waals surface area contributed by atoms with E-state index in [-0.39, 0.29) is 0 Å². The highest BCUT2D eigenvalue weighted by molar-refractivity contribution is 5.52. The Balaban J connectivity index is 1.97. The molecule has 0 atom stereocenters. The zero-order valence-corrected chi connectivity index (χ0v) is 11.0. The van der Waals surface area contributed by atoms with Crippen molar-refractivity contribution in [2.45, 2.75) is 32.7 Å². The predicted octanol–water partition coefficient (Wildman–Crippen LogP) is 1.15. The summed E-state index contributed by atoms with van der Waals surface area (Å²) in [4.78, 5) is 11.8. The lowest BCUT2D eigenvalue weighted by atomic mass is 10.1. The Labute approximate surface area is 108 Å². The molecule has 0 spiro atoms. The van der Waals surface area contributed by atoms with Gasteiger partial charge in [-0.15, -0.1) is 0 Å². The van der Waals surface area contributed by atoms with Crippen LogP contribution in [0.25, 0.3) is 0 Å². The summed E-state index contributed by atoms with van der Waals surface area (Å²) in [6.45, 7) is 7.13. The highest BCUT2D eigenvalue weighted by atomic mass is 15.3. The average Bonchev–Trinajstić information content (AvgIpc) is 2.93. The van der Waals surface area contributed by atoms with Gasteiger partial charge in [0.2, 0.25) is 5.95 Å². The Bertz CT molecular complexity index is 426. The topological polar surface area (TPSA) is 53.1 Å². The Morgan fingerprint density at radius 3 is 2.89 bits per heavy atom. The molecular formula is C13H21N5. The average molecular weight is 247 g/mol. The van der Waals surface area contributed by atoms with Crippen LogP contribution in [-0.2, 0) is 13.0 Å². The van der Waals surface area contributed by atoms with Crippen LogP contribution in [0.1, 0.15) is 31.0 Å². The lowest BCUT2D eigenvalue weighted by Gasteiger charge is -2.23. The highest BCUT2D eigenvalue weighted by Gasteiger charge is 2.21. The summed E-state index contributed by atoms with van der Waals surface area (Å²) < 4.78 is 0. The van der Waals surface area contributed by atoms with E-state index in [0.717, 1.165) is 50.9 Å². The van der Waals surface area contributed by atoms with Gasteiger partial charge in [-0.25, -0.2) is 4.98 Å². The molecule has 3 heterocycles. The lowest BCUT2D eigenvalue weighted by molar-refractivity contribution is 0.625. The Hall–Kier alpha value is -1.36. The maximum atomic E-state index is 4.77. The van der Waals surface area contributed by atoms with Crippen molar-refractivity contribution < 1.29 is 0 Å². The highest BCUT2D eigenvalue weighted by Crippen LogP contribution is 2.24. The van der Waals surface area contributed by atoms with Crippen molar-refractivity contribution in [2.75, 3.05) is 36.4 Å². The zero-order chi connectivity index (χ0) is 12.4. The van der Waals surface area contributed by atoms with Gasteiger partial charge in [0, 0.05) is 44.7 Å². The monoisotopic (exact) mass is 247 g/mol. The van der Waals surface area contributed by atoms with Gasteiger partial charge in [-0.05, 0) is 19.8 Å². The van der Waals surface area contributed by atoms with Crippen LogP contribution in [0.5, 0.6) is 0 Å². The van der Waals surface area contributed by atoms with Crippen molar-refractivity contribution in [3.05, 3.63) is 11.3 Å². The lowest BCUT2D eigenvalue weighted by Crippen LogP contribution is -2.29. The Kier molecular flexibility index (Phi) is 3.32. The Morgan fingerprint density at radius 2 is 2.11 bits per heavy atom. The maximum Gasteiger partial charge on any atom is 0.227 e. The summed E-state index contributed by atoms with van der Waals surface area (Å²) in [6.07, 6.45) is 3.54. The molecule has 18 heavy (non-hydrogen) atoms. The van der Waals surface area contributed by atoms with Crippen molar-refractivity contribution in [2.24, 2.45) is 0 Å². The van der Waals surface area contributed by atoms with Gasteiger partial charge in [0.25, 0.3) is 0 Å². The molecule has 1 fully saturated rings. The first kappa shape index (κ1) is 11.7. The summed E-state index contributed by atoms with van der Waals surface area (Å²) in [6, 6.07) is 0. The van der Waals surface area contributed by atoms with Crippen molar-refractivity contribution in [3.8, 4) is 0 Å². The number of rotatable bonds is 3. The second-order valence-electron chi connectivity index (χ2n) is 4.95. The smallest absolute Gasteiger partial charge is 0.227 e. The SMILES string of the molecule is CCNc1nc(N2CCCC2)nc2c1CNCC2. The standard InChI is InChI=1S/C13H21N5/c1-2-15-12-10-9-14-6-5-11(10)16-13(17-12)18-7-3-4-8-18/h14H,2-9H2,1H3,(H,15,16,17). The van der Waals surface area contributed by atoms with Gasteiger partial charge < -0.3 is 15.5 Å². The summed E-state index contributed by atoms with van der Waals surface area (Å²) in [5.74, 6) is 1.95. The van der Waals surface area contributed by atoms with Gasteiger partial charge in [0.05, 0.1) is 5.69 Å². The molecule has 0 aliphatic carbocycles. The molecule has 1 aromatic rings. The molecule has 2 aliphatic heterocycles. The molecule has 98 valence electrons. The Morgan fingerprint density at radius 1 is 1.28 bits per heavy atom. The molecule has 0 aromatic carbocycles. The van der Waals surface area contributed by atoms with Crippen LogP contribution in [0.4, 0.5) is 11.8 Å². The number of nitrogens with one attached hydrogen (secondary N) is 2. The summed E-state index contributed by atoms with van der Waals surface area (Å²) >= 11 is 0. The third-order valence-electron chi connectivity index (χ3n) is 3.65. The molecule has 0 amide bonds. The van der Waals surface area contributed by atoms with E-state index in [0.29, 0.717) is 0 Å². The quantitative estimate of drug-likeness (QED) is 0.839. The van der Waals surface area contributed by atoms with E-state index in [9.17, 15) is 0 Å². The summed E-state index contributed by atoms with van der Waals surface area (Å²) in [5, 5.41) is 6.78. The van der Waals surface area contributed by atoms with Crippen LogP contribution in [0.2, 0.25) is 0 Å². The largest absolute Gasteiger partial charge is 0.370 e. The molecule has 0 bridgehead atoms. The van der Waals surface area contributed by atoms with Crippen LogP contribution in [0.3, 0.4) is 0 Å². The fourth-order valence-electron chi connectivity index (χ4n) is 2.70. The van der Waals surface area contributed by atoms with Gasteiger partial charge in [0.1, 0.15) is 5.82 Å². The number of anilines is 2. The number of hydrogen-bond acceptors (Lipinski definition) is 5. The van der Waals surface area contributed by atoms with E-state index in [2.05, 4.69) is 22.5 Å². The molecule has 2 N–H and O–H groups in total. The number of hydrogen-bond donors (Lipinski definition) is 2. The minimum absolute atomic E-state index is 0.887. The fourth-order valence-corrected chi connectivity index (χ4v) is 2.70. The molecule has 2 aliphatic rings. The number of fused-ring (bicyclic) bond motifs is 1. The molecule has 1 aromatic heterocycles. The van der Waals surface area contributed by atoms with Gasteiger partial charge >= 0.3 is 0 Å². The van der Waals surface area contributed by atoms with E-state index in [1.807, 2.05) is 0 Å². The van der Waals surface area contributed by atoms with Crippen LogP contribution < -0.4 is 15.5 Å². The van der Waals surface area contributed by atoms with E-state index in [4.69, 9.17) is 9.97 Å². The second-order valence-corrected chi connectivity index (χ2v) is 4.95. The minimum atomic E-state index is 0.887. The number of nitrogens with zero attached hydrogens (tertiary/aromatic N) is 3. The van der Waals surface area contributed by atoms with Crippen LogP contribution in [-0.4, -0.2) is 36.1 Å². The van der Waals surface area contributed by atoms with Gasteiger partial charge in [-0.1, -0.05) is 0 Å². The van der Waals surface area contributed by atoms with Gasteiger partial charge in [-0.2, -0.15) is 4.98 Å². The van der Waals surface area contributed by atoms with Gasteiger partial charge in [-0.3, -0.25) is 0 Å². The third-order valence-corrected chi connectivity index (χ3v) is 3.65. The van der Waals surface area contributed by atoms with E-state index < -0.39 is 0 Å². The molecule has 5 nitrogen and oxygen atoms in total. The van der Waals surface area contributed by atoms with Crippen molar-refractivity contribution in [1.29, 1.82) is 0 Å². The van der Waals surface area contributed by atoms with Crippen LogP contribution in [0, 0.1) is 0 Å². The minimum Gasteiger partial charge on any atom is -0.370 e. The normalized spacial score (nSPS) is 18.8. The summed E-state index contributed by atoms with van der Waals surface area (Å²) in [5.41, 5.74) is 2.48. The van der Waals surface area contributed by atoms with Crippen LogP contribution >= 0.6 is 0 Å². The first-order valence-corrected chi connectivity index (χ1v) is 6.98. The molecule has 5 heteroatoms. The van der Waals surface area contributed by atoms with E-state index in [1.165, 1.54) is 24.1 Å². The molecule has 0 unspecified atom stereocenters. The van der Waals surface area contributed by atoms with Crippen molar-refractivity contribution in [3.63, 3.8) is 0 Å². The predicted molar refractivity (Wildman–Crippen MR) is 73.1 cm³/mol. The van der Waals surface area contributed by atoms with Crippen LogP contribution in [0.15, 0.2) is 0 Å². The first-order chi connectivity index (χ1) is 8.88. The molecule has 0 radical (unpaired) electrons. The van der Waals surface area contributed by atoms with Crippen molar-refractivity contribution >= 4 is 11.8 Å². The zero-order valence-electron chi connectivity index (χ0n) is 11.0. The van der Waals surface area contributed by atoms with Gasteiger partial charge in [0.15, 0.2) is 0 Å². The van der Waals surface area contributed by atoms with E-state index in [1.54, 1.807) is 0 Å². The molecular weight excluding hydrogens is 226 g/mol. The van der Waals surface area contributed by atoms with E-state index >= 15 is 0 Å². The first-order valence-electron chi connectivity index (χ1n) is 6.98. The molecule has 3 rings (SSSR count). The fraction of sp³-hybridized carbons (Fsp3) is 0.692. The summed E-state index contributed by atoms with van der Waals surface area (Å²) in [7, 11) is 0. The maximum absolute atomic E-state index is 4.77.